The number of hydrogen-bond acceptors (Lipinski definition) is 2. The average molecular weight is 285 g/mol. The van der Waals surface area contributed by atoms with Gasteiger partial charge in [0.1, 0.15) is 0 Å². The summed E-state index contributed by atoms with van der Waals surface area (Å²) in [5.41, 5.74) is 0.585. The van der Waals surface area contributed by atoms with Crippen molar-refractivity contribution in [2.75, 3.05) is 6.54 Å². The zero-order valence-corrected chi connectivity index (χ0v) is 11.8. The molecular weight excluding hydrogens is 264 g/mol. The van der Waals surface area contributed by atoms with Crippen LogP contribution in [0.1, 0.15) is 32.3 Å². The quantitative estimate of drug-likeness (QED) is 0.808. The second kappa shape index (κ2) is 7.94. The highest BCUT2D eigenvalue weighted by Gasteiger charge is 2.10. The minimum absolute atomic E-state index is 0.161. The minimum atomic E-state index is -0.900. The van der Waals surface area contributed by atoms with Gasteiger partial charge in [-0.2, -0.15) is 0 Å². The van der Waals surface area contributed by atoms with E-state index in [1.165, 1.54) is 6.07 Å². The van der Waals surface area contributed by atoms with Crippen molar-refractivity contribution in [1.29, 1.82) is 0 Å². The lowest BCUT2D eigenvalue weighted by molar-refractivity contribution is -0.121. The van der Waals surface area contributed by atoms with Crippen molar-refractivity contribution in [3.8, 4) is 0 Å². The molecule has 1 unspecified atom stereocenters. The molecule has 0 heterocycles. The van der Waals surface area contributed by atoms with Gasteiger partial charge in [-0.25, -0.2) is 8.78 Å². The molecule has 0 bridgehead atoms. The number of nitrogens with one attached hydrogen (secondary N) is 1. The van der Waals surface area contributed by atoms with Gasteiger partial charge in [-0.1, -0.05) is 19.9 Å². The number of rotatable bonds is 7. The molecule has 1 aromatic rings. The predicted octanol–water partition coefficient (Wildman–Crippen LogP) is 2.42. The minimum Gasteiger partial charge on any atom is -0.393 e. The van der Waals surface area contributed by atoms with Gasteiger partial charge in [0.15, 0.2) is 11.6 Å². The van der Waals surface area contributed by atoms with Gasteiger partial charge in [0.25, 0.3) is 0 Å². The van der Waals surface area contributed by atoms with Crippen molar-refractivity contribution < 1.29 is 18.7 Å². The first kappa shape index (κ1) is 16.6. The Morgan fingerprint density at radius 2 is 2.00 bits per heavy atom. The highest BCUT2D eigenvalue weighted by atomic mass is 19.2. The van der Waals surface area contributed by atoms with Crippen LogP contribution in [0.5, 0.6) is 0 Å². The SMILES string of the molecule is CC(C)C(O)CCNC(=O)CCc1ccc(F)c(F)c1. The summed E-state index contributed by atoms with van der Waals surface area (Å²) in [4.78, 5) is 11.6. The molecule has 0 saturated heterocycles. The fraction of sp³-hybridized carbons (Fsp3) is 0.533. The van der Waals surface area contributed by atoms with Crippen molar-refractivity contribution in [3.63, 3.8) is 0 Å². The fourth-order valence-corrected chi connectivity index (χ4v) is 1.73. The normalized spacial score (nSPS) is 12.5. The summed E-state index contributed by atoms with van der Waals surface area (Å²) in [7, 11) is 0. The first-order valence-corrected chi connectivity index (χ1v) is 6.79. The summed E-state index contributed by atoms with van der Waals surface area (Å²) in [6, 6.07) is 3.63. The van der Waals surface area contributed by atoms with Crippen LogP contribution in [0.4, 0.5) is 8.78 Å². The molecule has 0 aliphatic heterocycles. The summed E-state index contributed by atoms with van der Waals surface area (Å²) in [5.74, 6) is -1.79. The zero-order chi connectivity index (χ0) is 15.1. The van der Waals surface area contributed by atoms with E-state index in [-0.39, 0.29) is 18.2 Å². The van der Waals surface area contributed by atoms with Crippen LogP contribution >= 0.6 is 0 Å². The second-order valence-corrected chi connectivity index (χ2v) is 5.20. The van der Waals surface area contributed by atoms with Gasteiger partial charge in [0.05, 0.1) is 6.10 Å². The Morgan fingerprint density at radius 1 is 1.30 bits per heavy atom. The molecule has 1 aromatic carbocycles. The fourth-order valence-electron chi connectivity index (χ4n) is 1.73. The van der Waals surface area contributed by atoms with Crippen molar-refractivity contribution in [1.82, 2.24) is 5.32 Å². The molecule has 1 amide bonds. The van der Waals surface area contributed by atoms with Crippen LogP contribution in [0.2, 0.25) is 0 Å². The summed E-state index contributed by atoms with van der Waals surface area (Å²) < 4.78 is 25.7. The molecule has 0 aliphatic carbocycles. The van der Waals surface area contributed by atoms with Crippen LogP contribution < -0.4 is 5.32 Å². The summed E-state index contributed by atoms with van der Waals surface area (Å²) >= 11 is 0. The number of carbonyl (C=O) groups excluding carboxylic acids is 1. The Balaban J connectivity index is 2.27. The standard InChI is InChI=1S/C15H21F2NO2/c1-10(2)14(19)7-8-18-15(20)6-4-11-3-5-12(16)13(17)9-11/h3,5,9-10,14,19H,4,6-8H2,1-2H3,(H,18,20). The van der Waals surface area contributed by atoms with E-state index in [0.29, 0.717) is 24.9 Å². The van der Waals surface area contributed by atoms with Crippen molar-refractivity contribution in [2.45, 2.75) is 39.2 Å². The molecule has 5 heteroatoms. The van der Waals surface area contributed by atoms with E-state index in [1.807, 2.05) is 13.8 Å². The van der Waals surface area contributed by atoms with Crippen LogP contribution in [0.15, 0.2) is 18.2 Å². The van der Waals surface area contributed by atoms with Crippen molar-refractivity contribution in [2.24, 2.45) is 5.92 Å². The maximum Gasteiger partial charge on any atom is 0.220 e. The van der Waals surface area contributed by atoms with Gasteiger partial charge in [0.2, 0.25) is 5.91 Å². The maximum absolute atomic E-state index is 13.0. The van der Waals surface area contributed by atoms with E-state index in [2.05, 4.69) is 5.32 Å². The molecule has 3 nitrogen and oxygen atoms in total. The number of aliphatic hydroxyl groups excluding tert-OH is 1. The first-order valence-electron chi connectivity index (χ1n) is 6.79. The lowest BCUT2D eigenvalue weighted by Gasteiger charge is -2.14. The third-order valence-corrected chi connectivity index (χ3v) is 3.16. The zero-order valence-electron chi connectivity index (χ0n) is 11.8. The summed E-state index contributed by atoms with van der Waals surface area (Å²) in [6.07, 6.45) is 0.647. The third kappa shape index (κ3) is 5.65. The lowest BCUT2D eigenvalue weighted by atomic mass is 10.0. The number of amides is 1. The first-order chi connectivity index (χ1) is 9.40. The van der Waals surface area contributed by atoms with E-state index < -0.39 is 17.7 Å². The Bertz CT molecular complexity index is 449. The van der Waals surface area contributed by atoms with Gasteiger partial charge in [0, 0.05) is 13.0 Å². The lowest BCUT2D eigenvalue weighted by Crippen LogP contribution is -2.28. The monoisotopic (exact) mass is 285 g/mol. The van der Waals surface area contributed by atoms with Crippen LogP contribution in [-0.4, -0.2) is 23.7 Å². The largest absolute Gasteiger partial charge is 0.393 e. The molecule has 2 N–H and O–H groups in total. The van der Waals surface area contributed by atoms with Crippen LogP contribution in [0.3, 0.4) is 0 Å². The summed E-state index contributed by atoms with van der Waals surface area (Å²) in [6.45, 7) is 4.24. The number of aliphatic hydroxyl groups is 1. The summed E-state index contributed by atoms with van der Waals surface area (Å²) in [5, 5.41) is 12.3. The van der Waals surface area contributed by atoms with Gasteiger partial charge in [-0.15, -0.1) is 0 Å². The van der Waals surface area contributed by atoms with Crippen LogP contribution in [0, 0.1) is 17.6 Å². The van der Waals surface area contributed by atoms with E-state index in [9.17, 15) is 18.7 Å². The molecule has 0 aliphatic rings. The van der Waals surface area contributed by atoms with Gasteiger partial charge < -0.3 is 10.4 Å². The molecular formula is C15H21F2NO2. The Kier molecular flexibility index (Phi) is 6.58. The van der Waals surface area contributed by atoms with Crippen molar-refractivity contribution >= 4 is 5.91 Å². The van der Waals surface area contributed by atoms with E-state index in [1.54, 1.807) is 0 Å². The number of hydrogen-bond donors (Lipinski definition) is 2. The Morgan fingerprint density at radius 3 is 2.60 bits per heavy atom. The van der Waals surface area contributed by atoms with E-state index >= 15 is 0 Å². The molecule has 1 rings (SSSR count). The molecule has 0 aromatic heterocycles. The number of aryl methyl sites for hydroxylation is 1. The second-order valence-electron chi connectivity index (χ2n) is 5.20. The van der Waals surface area contributed by atoms with E-state index in [0.717, 1.165) is 12.1 Å². The molecule has 0 spiro atoms. The van der Waals surface area contributed by atoms with Gasteiger partial charge >= 0.3 is 0 Å². The smallest absolute Gasteiger partial charge is 0.220 e. The van der Waals surface area contributed by atoms with Gasteiger partial charge in [-0.05, 0) is 36.5 Å². The average Bonchev–Trinajstić information content (AvgIpc) is 2.40. The molecule has 20 heavy (non-hydrogen) atoms. The molecule has 0 radical (unpaired) electrons. The van der Waals surface area contributed by atoms with E-state index in [4.69, 9.17) is 0 Å². The maximum atomic E-state index is 13.0. The van der Waals surface area contributed by atoms with Gasteiger partial charge in [-0.3, -0.25) is 4.79 Å². The molecule has 0 saturated carbocycles. The van der Waals surface area contributed by atoms with Crippen LogP contribution in [0.25, 0.3) is 0 Å². The highest BCUT2D eigenvalue weighted by molar-refractivity contribution is 5.76. The molecule has 0 fully saturated rings. The molecule has 112 valence electrons. The third-order valence-electron chi connectivity index (χ3n) is 3.16. The topological polar surface area (TPSA) is 49.3 Å². The number of benzene rings is 1. The number of halogens is 2. The van der Waals surface area contributed by atoms with Crippen molar-refractivity contribution in [3.05, 3.63) is 35.4 Å². The Hall–Kier alpha value is -1.49. The molecule has 1 atom stereocenters. The predicted molar refractivity (Wildman–Crippen MR) is 73.2 cm³/mol. The van der Waals surface area contributed by atoms with Crippen LogP contribution in [-0.2, 0) is 11.2 Å². The highest BCUT2D eigenvalue weighted by Crippen LogP contribution is 2.10. The Labute approximate surface area is 118 Å². The number of carbonyl (C=O) groups is 1.